The molecular weight excluding hydrogens is 698 g/mol. The maximum Gasteiger partial charge on any atom is 0.342 e. The van der Waals surface area contributed by atoms with Crippen molar-refractivity contribution in [3.63, 3.8) is 0 Å². The van der Waals surface area contributed by atoms with E-state index in [-0.39, 0.29) is 48.8 Å². The molecule has 55 heavy (non-hydrogen) atoms. The number of hydrogen-bond acceptors (Lipinski definition) is 8. The van der Waals surface area contributed by atoms with E-state index in [0.29, 0.717) is 12.0 Å². The number of benzene rings is 2. The highest BCUT2D eigenvalue weighted by molar-refractivity contribution is 5.95. The van der Waals surface area contributed by atoms with Crippen molar-refractivity contribution < 1.29 is 43.6 Å². The van der Waals surface area contributed by atoms with Gasteiger partial charge in [-0.05, 0) is 62.8 Å². The Labute approximate surface area is 325 Å². The van der Waals surface area contributed by atoms with Gasteiger partial charge < -0.3 is 29.7 Å². The molecule has 0 spiro atoms. The topological polar surface area (TPSA) is 148 Å². The van der Waals surface area contributed by atoms with E-state index in [1.165, 1.54) is 18.2 Å². The number of allylic oxidation sites excluding steroid dienone is 11. The predicted molar refractivity (Wildman–Crippen MR) is 216 cm³/mol. The van der Waals surface area contributed by atoms with E-state index in [4.69, 9.17) is 19.3 Å². The van der Waals surface area contributed by atoms with Crippen LogP contribution in [0.5, 0.6) is 11.5 Å². The molecular formula is C45H55NO9. The Hall–Kier alpha value is -5.90. The Kier molecular flexibility index (Phi) is 21.4. The van der Waals surface area contributed by atoms with Crippen molar-refractivity contribution in [3.8, 4) is 11.5 Å². The van der Waals surface area contributed by atoms with Gasteiger partial charge in [0.05, 0.1) is 18.4 Å². The van der Waals surface area contributed by atoms with E-state index in [1.807, 2.05) is 12.2 Å². The van der Waals surface area contributed by atoms with Crippen molar-refractivity contribution in [3.05, 3.63) is 139 Å². The van der Waals surface area contributed by atoms with Crippen molar-refractivity contribution in [2.75, 3.05) is 13.2 Å². The average Bonchev–Trinajstić information content (AvgIpc) is 3.15. The van der Waals surface area contributed by atoms with E-state index in [2.05, 4.69) is 73.5 Å². The Bertz CT molecular complexity index is 1730. The molecule has 10 nitrogen and oxygen atoms in total. The highest BCUT2D eigenvalue weighted by Crippen LogP contribution is 2.31. The maximum absolute atomic E-state index is 13.5. The summed E-state index contributed by atoms with van der Waals surface area (Å²) in [4.78, 5) is 50.5. The van der Waals surface area contributed by atoms with Crippen molar-refractivity contribution >= 4 is 29.6 Å². The molecule has 0 fully saturated rings. The molecule has 0 aromatic heterocycles. The van der Waals surface area contributed by atoms with Crippen LogP contribution in [0, 0.1) is 5.41 Å². The SMILES string of the molecule is C=C(Oc1ccccc1C(=O)O[C@@H](C(=O)NCCC(=O)O)C(C)(C)COC(=O)C/C=C\C/C=C\C/C=C\C/C=C\C/C=C\C/C=C\CC)c1ccccc1O. The van der Waals surface area contributed by atoms with Gasteiger partial charge in [-0.15, -0.1) is 0 Å². The van der Waals surface area contributed by atoms with Crippen LogP contribution in [0.2, 0.25) is 0 Å². The summed E-state index contributed by atoms with van der Waals surface area (Å²) in [5.74, 6) is -3.27. The molecule has 3 N–H and O–H groups in total. The second kappa shape index (κ2) is 26.0. The van der Waals surface area contributed by atoms with Crippen molar-refractivity contribution in [2.24, 2.45) is 5.41 Å². The Morgan fingerprint density at radius 3 is 1.82 bits per heavy atom. The van der Waals surface area contributed by atoms with Gasteiger partial charge in [-0.25, -0.2) is 4.79 Å². The van der Waals surface area contributed by atoms with E-state index < -0.39 is 35.3 Å². The number of phenols is 1. The zero-order valence-electron chi connectivity index (χ0n) is 32.2. The molecule has 0 saturated carbocycles. The highest BCUT2D eigenvalue weighted by atomic mass is 16.6. The fourth-order valence-corrected chi connectivity index (χ4v) is 4.85. The highest BCUT2D eigenvalue weighted by Gasteiger charge is 2.40. The Morgan fingerprint density at radius 2 is 1.27 bits per heavy atom. The summed E-state index contributed by atoms with van der Waals surface area (Å²) >= 11 is 0. The first-order valence-corrected chi connectivity index (χ1v) is 18.5. The van der Waals surface area contributed by atoms with Crippen LogP contribution in [0.4, 0.5) is 0 Å². The number of carbonyl (C=O) groups excluding carboxylic acids is 3. The Morgan fingerprint density at radius 1 is 0.764 bits per heavy atom. The number of esters is 2. The van der Waals surface area contributed by atoms with E-state index in [0.717, 1.165) is 32.1 Å². The summed E-state index contributed by atoms with van der Waals surface area (Å²) in [5.41, 5.74) is -0.951. The molecule has 2 aromatic carbocycles. The predicted octanol–water partition coefficient (Wildman–Crippen LogP) is 9.22. The molecule has 0 aliphatic carbocycles. The molecule has 0 bridgehead atoms. The van der Waals surface area contributed by atoms with E-state index >= 15 is 0 Å². The maximum atomic E-state index is 13.5. The number of carboxylic acid groups (broad SMARTS) is 1. The molecule has 0 heterocycles. The van der Waals surface area contributed by atoms with Crippen LogP contribution in [-0.2, 0) is 23.9 Å². The minimum Gasteiger partial charge on any atom is -0.507 e. The number of aliphatic carboxylic acids is 1. The molecule has 1 amide bonds. The normalized spacial score (nSPS) is 12.6. The number of nitrogens with one attached hydrogen (secondary N) is 1. The molecule has 10 heteroatoms. The molecule has 294 valence electrons. The smallest absolute Gasteiger partial charge is 0.342 e. The summed E-state index contributed by atoms with van der Waals surface area (Å²) in [6.07, 6.45) is 28.3. The minimum atomic E-state index is -1.48. The van der Waals surface area contributed by atoms with Gasteiger partial charge in [-0.3, -0.25) is 14.4 Å². The van der Waals surface area contributed by atoms with Gasteiger partial charge >= 0.3 is 17.9 Å². The largest absolute Gasteiger partial charge is 0.507 e. The van der Waals surface area contributed by atoms with Crippen LogP contribution in [0.25, 0.3) is 5.76 Å². The third-order valence-electron chi connectivity index (χ3n) is 7.84. The lowest BCUT2D eigenvalue weighted by Crippen LogP contribution is -2.49. The average molecular weight is 754 g/mol. The number of ether oxygens (including phenoxy) is 3. The second-order valence-corrected chi connectivity index (χ2v) is 13.0. The standard InChI is InChI=1S/C45H55NO9/c1-5-6-7-8-9-10-11-12-13-14-15-16-17-18-19-20-21-22-31-41(50)53-34-45(3,4)42(43(51)46-33-32-40(48)49)55-44(52)37-28-24-26-30-39(37)54-35(2)36-27-23-25-29-38(36)47/h6-7,9-10,12-13,15-16,18-19,21-30,42,47H,2,5,8,11,14,17,20,31-34H2,1,3-4H3,(H,46,51)(H,48,49)/b7-6-,10-9-,13-12-,16-15-,19-18-,22-21-/t42-/m0/s1. The lowest BCUT2D eigenvalue weighted by atomic mass is 9.86. The summed E-state index contributed by atoms with van der Waals surface area (Å²) in [7, 11) is 0. The lowest BCUT2D eigenvalue weighted by molar-refractivity contribution is -0.153. The molecule has 0 radical (unpaired) electrons. The summed E-state index contributed by atoms with van der Waals surface area (Å²) < 4.78 is 17.0. The van der Waals surface area contributed by atoms with Crippen LogP contribution >= 0.6 is 0 Å². The van der Waals surface area contributed by atoms with E-state index in [1.54, 1.807) is 50.3 Å². The van der Waals surface area contributed by atoms with Crippen LogP contribution in [0.1, 0.15) is 88.1 Å². The first-order chi connectivity index (χ1) is 26.5. The number of carbonyl (C=O) groups is 4. The summed E-state index contributed by atoms with van der Waals surface area (Å²) in [6.45, 7) is 8.68. The van der Waals surface area contributed by atoms with E-state index in [9.17, 15) is 24.3 Å². The van der Waals surface area contributed by atoms with Crippen LogP contribution in [0.3, 0.4) is 0 Å². The summed E-state index contributed by atoms with van der Waals surface area (Å²) in [5, 5.41) is 21.7. The number of hydrogen-bond donors (Lipinski definition) is 3. The fourth-order valence-electron chi connectivity index (χ4n) is 4.85. The molecule has 1 atom stereocenters. The molecule has 2 aromatic rings. The zero-order valence-corrected chi connectivity index (χ0v) is 32.2. The van der Waals surface area contributed by atoms with Gasteiger partial charge in [0.1, 0.15) is 29.4 Å². The molecule has 0 unspecified atom stereocenters. The van der Waals surface area contributed by atoms with Crippen LogP contribution in [0.15, 0.2) is 128 Å². The van der Waals surface area contributed by atoms with Crippen LogP contribution < -0.4 is 10.1 Å². The lowest BCUT2D eigenvalue weighted by Gasteiger charge is -2.32. The number of carboxylic acids is 1. The number of aromatic hydroxyl groups is 1. The van der Waals surface area contributed by atoms with Gasteiger partial charge in [-0.2, -0.15) is 0 Å². The minimum absolute atomic E-state index is 0.00161. The van der Waals surface area contributed by atoms with Crippen molar-refractivity contribution in [1.82, 2.24) is 5.32 Å². The monoisotopic (exact) mass is 753 g/mol. The molecule has 0 aliphatic rings. The third kappa shape index (κ3) is 18.6. The number of phenolic OH excluding ortho intramolecular Hbond substituents is 1. The van der Waals surface area contributed by atoms with Gasteiger partial charge in [0.15, 0.2) is 6.10 Å². The van der Waals surface area contributed by atoms with Crippen molar-refractivity contribution in [1.29, 1.82) is 0 Å². The van der Waals surface area contributed by atoms with Gasteiger partial charge in [-0.1, -0.05) is 125 Å². The zero-order chi connectivity index (χ0) is 40.3. The number of amides is 1. The Balaban J connectivity index is 1.92. The van der Waals surface area contributed by atoms with Crippen LogP contribution in [-0.4, -0.2) is 53.3 Å². The van der Waals surface area contributed by atoms with Crippen molar-refractivity contribution in [2.45, 2.75) is 78.2 Å². The molecule has 0 aliphatic heterocycles. The van der Waals surface area contributed by atoms with Gasteiger partial charge in [0, 0.05) is 12.0 Å². The first-order valence-electron chi connectivity index (χ1n) is 18.5. The summed E-state index contributed by atoms with van der Waals surface area (Å²) in [6, 6.07) is 12.6. The molecule has 2 rings (SSSR count). The quantitative estimate of drug-likeness (QED) is 0.0513. The first kappa shape index (κ1) is 45.3. The second-order valence-electron chi connectivity index (χ2n) is 13.0. The third-order valence-corrected chi connectivity index (χ3v) is 7.84. The molecule has 0 saturated heterocycles. The number of para-hydroxylation sites is 2. The van der Waals surface area contributed by atoms with Gasteiger partial charge in [0.25, 0.3) is 5.91 Å². The number of rotatable bonds is 25. The van der Waals surface area contributed by atoms with Gasteiger partial charge in [0.2, 0.25) is 0 Å². The fraction of sp³-hybridized carbons (Fsp3) is 0.333.